The molecule has 0 saturated heterocycles. The van der Waals surface area contributed by atoms with Crippen LogP contribution < -0.4 is 5.32 Å². The molecule has 5 nitrogen and oxygen atoms in total. The zero-order valence-electron chi connectivity index (χ0n) is 15.3. The number of aromatic nitrogens is 3. The first-order chi connectivity index (χ1) is 13.3. The summed E-state index contributed by atoms with van der Waals surface area (Å²) in [5.41, 5.74) is 2.58. The van der Waals surface area contributed by atoms with Gasteiger partial charge in [-0.2, -0.15) is 0 Å². The van der Waals surface area contributed by atoms with Crippen LogP contribution in [0.25, 0.3) is 5.69 Å². The van der Waals surface area contributed by atoms with E-state index < -0.39 is 34.3 Å². The molecular formula is C19H17F3N4OS. The summed E-state index contributed by atoms with van der Waals surface area (Å²) in [6.45, 7) is 5.54. The first-order valence-electron chi connectivity index (χ1n) is 8.36. The maximum absolute atomic E-state index is 13.8. The van der Waals surface area contributed by atoms with Crippen molar-refractivity contribution in [3.05, 3.63) is 65.2 Å². The van der Waals surface area contributed by atoms with Crippen LogP contribution in [0.3, 0.4) is 0 Å². The monoisotopic (exact) mass is 406 g/mol. The average Bonchev–Trinajstić information content (AvgIpc) is 3.10. The van der Waals surface area contributed by atoms with Gasteiger partial charge in [0.15, 0.2) is 22.6 Å². The Hall–Kier alpha value is -2.81. The van der Waals surface area contributed by atoms with E-state index in [0.29, 0.717) is 5.16 Å². The van der Waals surface area contributed by atoms with Crippen molar-refractivity contribution in [3.8, 4) is 5.69 Å². The van der Waals surface area contributed by atoms with E-state index in [-0.39, 0.29) is 0 Å². The fourth-order valence-electron chi connectivity index (χ4n) is 2.61. The first kappa shape index (κ1) is 19.9. The topological polar surface area (TPSA) is 59.8 Å². The number of carbonyl (C=O) groups is 1. The number of rotatable bonds is 5. The van der Waals surface area contributed by atoms with Crippen LogP contribution in [-0.2, 0) is 4.79 Å². The van der Waals surface area contributed by atoms with Gasteiger partial charge in [0, 0.05) is 0 Å². The van der Waals surface area contributed by atoms with Gasteiger partial charge >= 0.3 is 0 Å². The molecule has 0 aliphatic rings. The minimum atomic E-state index is -1.63. The second kappa shape index (κ2) is 8.05. The smallest absolute Gasteiger partial charge is 0.237 e. The van der Waals surface area contributed by atoms with Crippen LogP contribution in [-0.4, -0.2) is 25.9 Å². The van der Waals surface area contributed by atoms with Gasteiger partial charge in [-0.1, -0.05) is 29.5 Å². The first-order valence-corrected chi connectivity index (χ1v) is 9.24. The van der Waals surface area contributed by atoms with E-state index in [1.807, 2.05) is 32.0 Å². The Morgan fingerprint density at radius 3 is 2.61 bits per heavy atom. The Balaban J connectivity index is 1.77. The van der Waals surface area contributed by atoms with E-state index in [9.17, 15) is 18.0 Å². The molecule has 0 radical (unpaired) electrons. The molecule has 146 valence electrons. The van der Waals surface area contributed by atoms with Crippen LogP contribution in [0.2, 0.25) is 0 Å². The number of nitrogens with zero attached hydrogens (tertiary/aromatic N) is 3. The fraction of sp³-hybridized carbons (Fsp3) is 0.211. The second-order valence-corrected chi connectivity index (χ2v) is 7.55. The largest absolute Gasteiger partial charge is 0.323 e. The lowest BCUT2D eigenvalue weighted by atomic mass is 10.1. The molecule has 9 heteroatoms. The standard InChI is InChI=1S/C19H17F3N4OS/c1-10-4-7-15(11(2)8-10)26-9-23-25-19(26)28-12(3)18(27)24-14-6-5-13(20)16(21)17(14)22/h4-9,12H,1-3H3,(H,24,27). The summed E-state index contributed by atoms with van der Waals surface area (Å²) in [4.78, 5) is 12.4. The molecule has 28 heavy (non-hydrogen) atoms. The number of carbonyl (C=O) groups excluding carboxylic acids is 1. The number of aryl methyl sites for hydroxylation is 2. The Kier molecular flexibility index (Phi) is 5.73. The van der Waals surface area contributed by atoms with Crippen molar-refractivity contribution in [2.24, 2.45) is 0 Å². The van der Waals surface area contributed by atoms with Gasteiger partial charge in [0.05, 0.1) is 16.6 Å². The number of benzene rings is 2. The van der Waals surface area contributed by atoms with Gasteiger partial charge in [-0.05, 0) is 44.5 Å². The van der Waals surface area contributed by atoms with Crippen molar-refractivity contribution in [2.75, 3.05) is 5.32 Å². The number of nitrogens with one attached hydrogen (secondary N) is 1. The number of hydrogen-bond donors (Lipinski definition) is 1. The molecule has 0 aliphatic heterocycles. The third-order valence-electron chi connectivity index (χ3n) is 4.07. The summed E-state index contributed by atoms with van der Waals surface area (Å²) < 4.78 is 41.9. The molecule has 3 aromatic rings. The number of amides is 1. The molecular weight excluding hydrogens is 389 g/mol. The molecule has 0 saturated carbocycles. The highest BCUT2D eigenvalue weighted by atomic mass is 32.2. The van der Waals surface area contributed by atoms with Gasteiger partial charge < -0.3 is 5.32 Å². The van der Waals surface area contributed by atoms with Crippen molar-refractivity contribution in [3.63, 3.8) is 0 Å². The normalized spacial score (nSPS) is 12.1. The minimum Gasteiger partial charge on any atom is -0.323 e. The SMILES string of the molecule is Cc1ccc(-n2cnnc2SC(C)C(=O)Nc2ccc(F)c(F)c2F)c(C)c1. The molecule has 1 N–H and O–H groups in total. The molecule has 1 atom stereocenters. The van der Waals surface area contributed by atoms with Crippen molar-refractivity contribution in [1.82, 2.24) is 14.8 Å². The summed E-state index contributed by atoms with van der Waals surface area (Å²) in [5.74, 6) is -4.97. The minimum absolute atomic E-state index is 0.424. The Morgan fingerprint density at radius 2 is 1.89 bits per heavy atom. The van der Waals surface area contributed by atoms with Crippen molar-refractivity contribution in [2.45, 2.75) is 31.2 Å². The summed E-state index contributed by atoms with van der Waals surface area (Å²) >= 11 is 1.11. The summed E-state index contributed by atoms with van der Waals surface area (Å²) in [6, 6.07) is 7.63. The maximum Gasteiger partial charge on any atom is 0.237 e. The molecule has 1 aromatic heterocycles. The second-order valence-electron chi connectivity index (χ2n) is 6.25. The number of halogens is 3. The number of anilines is 1. The quantitative estimate of drug-likeness (QED) is 0.503. The van der Waals surface area contributed by atoms with E-state index in [2.05, 4.69) is 15.5 Å². The van der Waals surface area contributed by atoms with Gasteiger partial charge in [0.2, 0.25) is 5.91 Å². The van der Waals surface area contributed by atoms with Crippen molar-refractivity contribution in [1.29, 1.82) is 0 Å². The lowest BCUT2D eigenvalue weighted by molar-refractivity contribution is -0.115. The van der Waals surface area contributed by atoms with Gasteiger partial charge in [0.25, 0.3) is 0 Å². The number of hydrogen-bond acceptors (Lipinski definition) is 4. The lowest BCUT2D eigenvalue weighted by Crippen LogP contribution is -2.23. The van der Waals surface area contributed by atoms with Crippen molar-refractivity contribution < 1.29 is 18.0 Å². The van der Waals surface area contributed by atoms with Crippen molar-refractivity contribution >= 4 is 23.4 Å². The third-order valence-corrected chi connectivity index (χ3v) is 5.13. The zero-order chi connectivity index (χ0) is 20.4. The Labute approximate surface area is 164 Å². The van der Waals surface area contributed by atoms with Gasteiger partial charge in [-0.15, -0.1) is 10.2 Å². The van der Waals surface area contributed by atoms with E-state index in [4.69, 9.17) is 0 Å². The van der Waals surface area contributed by atoms with Gasteiger partial charge in [-0.25, -0.2) is 13.2 Å². The van der Waals surface area contributed by atoms with E-state index >= 15 is 0 Å². The molecule has 1 heterocycles. The molecule has 1 unspecified atom stereocenters. The highest BCUT2D eigenvalue weighted by molar-refractivity contribution is 8.00. The summed E-state index contributed by atoms with van der Waals surface area (Å²) in [7, 11) is 0. The fourth-order valence-corrected chi connectivity index (χ4v) is 3.45. The predicted molar refractivity (Wildman–Crippen MR) is 101 cm³/mol. The van der Waals surface area contributed by atoms with E-state index in [1.54, 1.807) is 17.8 Å². The van der Waals surface area contributed by atoms with Crippen LogP contribution in [0.15, 0.2) is 41.8 Å². The van der Waals surface area contributed by atoms with Crippen LogP contribution in [0.4, 0.5) is 18.9 Å². The highest BCUT2D eigenvalue weighted by Crippen LogP contribution is 2.27. The van der Waals surface area contributed by atoms with E-state index in [0.717, 1.165) is 40.7 Å². The highest BCUT2D eigenvalue weighted by Gasteiger charge is 2.21. The molecule has 0 fully saturated rings. The molecule has 1 amide bonds. The van der Waals surface area contributed by atoms with Gasteiger partial charge in [0.1, 0.15) is 6.33 Å². The Bertz CT molecular complexity index is 1040. The lowest BCUT2D eigenvalue weighted by Gasteiger charge is -2.14. The van der Waals surface area contributed by atoms with Gasteiger partial charge in [-0.3, -0.25) is 9.36 Å². The summed E-state index contributed by atoms with van der Waals surface area (Å²) in [5, 5.41) is 9.99. The third kappa shape index (κ3) is 4.04. The predicted octanol–water partition coefficient (Wildman–Crippen LogP) is 4.42. The average molecular weight is 406 g/mol. The Morgan fingerprint density at radius 1 is 1.14 bits per heavy atom. The molecule has 0 aliphatic carbocycles. The maximum atomic E-state index is 13.8. The zero-order valence-corrected chi connectivity index (χ0v) is 16.1. The van der Waals surface area contributed by atoms with E-state index in [1.165, 1.54) is 0 Å². The van der Waals surface area contributed by atoms with Crippen LogP contribution >= 0.6 is 11.8 Å². The molecule has 0 bridgehead atoms. The molecule has 3 rings (SSSR count). The van der Waals surface area contributed by atoms with Crippen LogP contribution in [0, 0.1) is 31.3 Å². The van der Waals surface area contributed by atoms with Crippen LogP contribution in [0.5, 0.6) is 0 Å². The number of thioether (sulfide) groups is 1. The molecule has 0 spiro atoms. The molecule has 2 aromatic carbocycles. The summed E-state index contributed by atoms with van der Waals surface area (Å²) in [6.07, 6.45) is 1.54. The van der Waals surface area contributed by atoms with Crippen LogP contribution in [0.1, 0.15) is 18.1 Å².